The Morgan fingerprint density at radius 1 is 1.43 bits per heavy atom. The molecule has 1 aliphatic heterocycles. The summed E-state index contributed by atoms with van der Waals surface area (Å²) in [5.74, 6) is 0.762. The highest BCUT2D eigenvalue weighted by Crippen LogP contribution is 2.21. The zero-order chi connectivity index (χ0) is 14.9. The number of furan rings is 1. The SMILES string of the molecule is O=C(NC[C@@H]1CCS(=O)(=O)C1)c1cc(-c2ccco2)on1. The first-order chi connectivity index (χ1) is 10.0. The molecule has 0 aromatic carbocycles. The molecule has 0 aliphatic carbocycles. The van der Waals surface area contributed by atoms with Gasteiger partial charge in [-0.25, -0.2) is 8.42 Å². The van der Waals surface area contributed by atoms with Gasteiger partial charge in [-0.3, -0.25) is 4.79 Å². The second kappa shape index (κ2) is 5.36. The molecule has 2 aromatic heterocycles. The van der Waals surface area contributed by atoms with Crippen LogP contribution in [0.3, 0.4) is 0 Å². The van der Waals surface area contributed by atoms with E-state index in [1.54, 1.807) is 12.1 Å². The number of carbonyl (C=O) groups is 1. The highest BCUT2D eigenvalue weighted by atomic mass is 32.2. The van der Waals surface area contributed by atoms with Crippen molar-refractivity contribution in [3.63, 3.8) is 0 Å². The lowest BCUT2D eigenvalue weighted by Crippen LogP contribution is -2.30. The third-order valence-electron chi connectivity index (χ3n) is 3.38. The van der Waals surface area contributed by atoms with Gasteiger partial charge in [-0.1, -0.05) is 5.16 Å². The van der Waals surface area contributed by atoms with Gasteiger partial charge in [0, 0.05) is 12.6 Å². The normalized spacial score (nSPS) is 20.5. The van der Waals surface area contributed by atoms with Crippen molar-refractivity contribution in [1.82, 2.24) is 10.5 Å². The standard InChI is InChI=1S/C13H14N2O5S/c16-13(14-7-9-3-5-21(17,18)8-9)10-6-12(20-15-10)11-2-1-4-19-11/h1-2,4,6,9H,3,5,7-8H2,(H,14,16)/t9-/m0/s1. The van der Waals surface area contributed by atoms with Gasteiger partial charge in [-0.15, -0.1) is 0 Å². The number of hydrogen-bond acceptors (Lipinski definition) is 6. The fraction of sp³-hybridized carbons (Fsp3) is 0.385. The topological polar surface area (TPSA) is 102 Å². The van der Waals surface area contributed by atoms with Crippen LogP contribution < -0.4 is 5.32 Å². The maximum Gasteiger partial charge on any atom is 0.273 e. The molecule has 21 heavy (non-hydrogen) atoms. The second-order valence-corrected chi connectivity index (χ2v) is 7.26. The Morgan fingerprint density at radius 2 is 2.29 bits per heavy atom. The van der Waals surface area contributed by atoms with Crippen LogP contribution in [0, 0.1) is 5.92 Å². The van der Waals surface area contributed by atoms with Gasteiger partial charge in [0.1, 0.15) is 0 Å². The number of hydrogen-bond donors (Lipinski definition) is 1. The smallest absolute Gasteiger partial charge is 0.273 e. The average Bonchev–Trinajstić information content (AvgIpc) is 3.15. The fourth-order valence-electron chi connectivity index (χ4n) is 2.28. The molecule has 1 fully saturated rings. The van der Waals surface area contributed by atoms with Gasteiger partial charge < -0.3 is 14.3 Å². The van der Waals surface area contributed by atoms with E-state index in [1.807, 2.05) is 0 Å². The molecule has 0 saturated carbocycles. The van der Waals surface area contributed by atoms with Crippen LogP contribution in [-0.4, -0.2) is 37.5 Å². The first-order valence-electron chi connectivity index (χ1n) is 6.53. The molecule has 0 spiro atoms. The summed E-state index contributed by atoms with van der Waals surface area (Å²) in [5.41, 5.74) is 0.141. The molecule has 3 heterocycles. The van der Waals surface area contributed by atoms with E-state index in [4.69, 9.17) is 8.94 Å². The molecule has 0 unspecified atom stereocenters. The number of nitrogens with zero attached hydrogens (tertiary/aromatic N) is 1. The lowest BCUT2D eigenvalue weighted by molar-refractivity contribution is 0.0939. The Balaban J connectivity index is 1.59. The van der Waals surface area contributed by atoms with Crippen LogP contribution in [0.25, 0.3) is 11.5 Å². The third kappa shape index (κ3) is 3.15. The molecule has 0 bridgehead atoms. The van der Waals surface area contributed by atoms with Gasteiger partial charge >= 0.3 is 0 Å². The molecule has 1 saturated heterocycles. The predicted octanol–water partition coefficient (Wildman–Crippen LogP) is 1.10. The number of amides is 1. The molecular formula is C13H14N2O5S. The van der Waals surface area contributed by atoms with Crippen molar-refractivity contribution in [3.8, 4) is 11.5 Å². The first kappa shape index (κ1) is 13.9. The Morgan fingerprint density at radius 3 is 2.95 bits per heavy atom. The summed E-state index contributed by atoms with van der Waals surface area (Å²) < 4.78 is 32.9. The van der Waals surface area contributed by atoms with E-state index in [1.165, 1.54) is 12.3 Å². The lowest BCUT2D eigenvalue weighted by atomic mass is 10.1. The quantitative estimate of drug-likeness (QED) is 0.907. The van der Waals surface area contributed by atoms with Crippen molar-refractivity contribution < 1.29 is 22.2 Å². The number of nitrogens with one attached hydrogen (secondary N) is 1. The number of sulfone groups is 1. The molecular weight excluding hydrogens is 296 g/mol. The van der Waals surface area contributed by atoms with Crippen LogP contribution in [0.2, 0.25) is 0 Å². The molecule has 7 nitrogen and oxygen atoms in total. The zero-order valence-electron chi connectivity index (χ0n) is 11.1. The lowest BCUT2D eigenvalue weighted by Gasteiger charge is -2.07. The monoisotopic (exact) mass is 310 g/mol. The summed E-state index contributed by atoms with van der Waals surface area (Å²) in [6, 6.07) is 4.89. The minimum atomic E-state index is -2.93. The van der Waals surface area contributed by atoms with E-state index in [-0.39, 0.29) is 29.0 Å². The maximum absolute atomic E-state index is 11.9. The average molecular weight is 310 g/mol. The summed E-state index contributed by atoms with van der Waals surface area (Å²) in [7, 11) is -2.93. The molecule has 0 radical (unpaired) electrons. The van der Waals surface area contributed by atoms with Crippen LogP contribution in [0.5, 0.6) is 0 Å². The molecule has 1 aliphatic rings. The molecule has 8 heteroatoms. The van der Waals surface area contributed by atoms with Crippen LogP contribution in [0.4, 0.5) is 0 Å². The fourth-order valence-corrected chi connectivity index (χ4v) is 4.14. The van der Waals surface area contributed by atoms with E-state index < -0.39 is 9.84 Å². The van der Waals surface area contributed by atoms with E-state index >= 15 is 0 Å². The summed E-state index contributed by atoms with van der Waals surface area (Å²) in [6.07, 6.45) is 2.08. The maximum atomic E-state index is 11.9. The van der Waals surface area contributed by atoms with Crippen LogP contribution in [-0.2, 0) is 9.84 Å². The Labute approximate surface area is 121 Å². The van der Waals surface area contributed by atoms with Crippen molar-refractivity contribution in [1.29, 1.82) is 0 Å². The Hall–Kier alpha value is -2.09. The van der Waals surface area contributed by atoms with Gasteiger partial charge in [0.15, 0.2) is 21.3 Å². The highest BCUT2D eigenvalue weighted by molar-refractivity contribution is 7.91. The van der Waals surface area contributed by atoms with Crippen molar-refractivity contribution in [2.75, 3.05) is 18.1 Å². The summed E-state index contributed by atoms with van der Waals surface area (Å²) in [4.78, 5) is 11.9. The van der Waals surface area contributed by atoms with Crippen LogP contribution in [0.1, 0.15) is 16.9 Å². The van der Waals surface area contributed by atoms with Gasteiger partial charge in [-0.05, 0) is 24.5 Å². The van der Waals surface area contributed by atoms with Crippen LogP contribution in [0.15, 0.2) is 33.4 Å². The Kier molecular flexibility index (Phi) is 3.54. The molecule has 1 atom stereocenters. The van der Waals surface area contributed by atoms with Crippen molar-refractivity contribution >= 4 is 15.7 Å². The number of carbonyl (C=O) groups excluding carboxylic acids is 1. The minimum absolute atomic E-state index is 0.0320. The minimum Gasteiger partial charge on any atom is -0.461 e. The largest absolute Gasteiger partial charge is 0.461 e. The first-order valence-corrected chi connectivity index (χ1v) is 8.35. The van der Waals surface area contributed by atoms with E-state index in [2.05, 4.69) is 10.5 Å². The van der Waals surface area contributed by atoms with E-state index in [0.29, 0.717) is 24.5 Å². The predicted molar refractivity (Wildman–Crippen MR) is 73.3 cm³/mol. The van der Waals surface area contributed by atoms with Gasteiger partial charge in [0.25, 0.3) is 5.91 Å². The highest BCUT2D eigenvalue weighted by Gasteiger charge is 2.28. The van der Waals surface area contributed by atoms with Crippen molar-refractivity contribution in [3.05, 3.63) is 30.2 Å². The second-order valence-electron chi connectivity index (χ2n) is 5.03. The van der Waals surface area contributed by atoms with Crippen molar-refractivity contribution in [2.45, 2.75) is 6.42 Å². The summed E-state index contributed by atoms with van der Waals surface area (Å²) >= 11 is 0. The van der Waals surface area contributed by atoms with Crippen molar-refractivity contribution in [2.24, 2.45) is 5.92 Å². The molecule has 3 rings (SSSR count). The molecule has 112 valence electrons. The van der Waals surface area contributed by atoms with Gasteiger partial charge in [0.2, 0.25) is 5.76 Å². The number of rotatable bonds is 4. The molecule has 2 aromatic rings. The van der Waals surface area contributed by atoms with Gasteiger partial charge in [0.05, 0.1) is 17.8 Å². The van der Waals surface area contributed by atoms with E-state index in [0.717, 1.165) is 0 Å². The third-order valence-corrected chi connectivity index (χ3v) is 5.22. The zero-order valence-corrected chi connectivity index (χ0v) is 11.9. The van der Waals surface area contributed by atoms with Gasteiger partial charge in [-0.2, -0.15) is 0 Å². The summed E-state index contributed by atoms with van der Waals surface area (Å²) in [5, 5.41) is 6.36. The molecule has 1 N–H and O–H groups in total. The van der Waals surface area contributed by atoms with E-state index in [9.17, 15) is 13.2 Å². The van der Waals surface area contributed by atoms with Crippen LogP contribution >= 0.6 is 0 Å². The summed E-state index contributed by atoms with van der Waals surface area (Å²) in [6.45, 7) is 0.320. The Bertz CT molecular complexity index is 732. The molecule has 1 amide bonds. The number of aromatic nitrogens is 1.